The molecule has 27 atom stereocenters. The normalized spacial score (nSPS) is 58.9. The highest BCUT2D eigenvalue weighted by Gasteiger charge is 2.69. The Balaban J connectivity index is 0.866. The Labute approximate surface area is 364 Å². The van der Waals surface area contributed by atoms with Gasteiger partial charge in [-0.1, -0.05) is 27.7 Å². The van der Waals surface area contributed by atoms with Gasteiger partial charge in [-0.15, -0.1) is 0 Å². The average Bonchev–Trinajstić information content (AvgIpc) is 3.70. The fourth-order valence-electron chi connectivity index (χ4n) is 14.5. The van der Waals surface area contributed by atoms with Crippen LogP contribution in [0.2, 0.25) is 0 Å². The molecule has 9 fully saturated rings. The van der Waals surface area contributed by atoms with Crippen LogP contribution in [0.5, 0.6) is 0 Å². The molecule has 9 N–H and O–H groups in total. The van der Waals surface area contributed by atoms with Gasteiger partial charge in [0.1, 0.15) is 67.1 Å². The van der Waals surface area contributed by atoms with Crippen molar-refractivity contribution in [2.45, 2.75) is 209 Å². The molecule has 5 aliphatic heterocycles. The van der Waals surface area contributed by atoms with E-state index in [1.54, 1.807) is 0 Å². The van der Waals surface area contributed by atoms with Gasteiger partial charge in [0.05, 0.1) is 38.1 Å². The topological polar surface area (TPSA) is 256 Å². The van der Waals surface area contributed by atoms with Crippen LogP contribution in [-0.2, 0) is 37.9 Å². The Bertz CT molecular complexity index is 1550. The first-order chi connectivity index (χ1) is 29.4. The molecule has 0 radical (unpaired) electrons. The second-order valence-corrected chi connectivity index (χ2v) is 21.5. The molecule has 0 aromatic heterocycles. The maximum atomic E-state index is 11.6. The monoisotopic (exact) mass is 886 g/mol. The molecule has 9 rings (SSSR count). The number of hydrogen-bond acceptors (Lipinski definition) is 17. The Hall–Kier alpha value is -0.680. The van der Waals surface area contributed by atoms with E-state index in [-0.39, 0.29) is 23.0 Å². The van der Waals surface area contributed by atoms with Crippen LogP contribution < -0.4 is 0 Å². The third kappa shape index (κ3) is 7.66. The number of aliphatic hydroxyl groups is 9. The van der Waals surface area contributed by atoms with Crippen molar-refractivity contribution in [1.82, 2.24) is 0 Å². The van der Waals surface area contributed by atoms with Gasteiger partial charge in [0.2, 0.25) is 0 Å². The van der Waals surface area contributed by atoms with Crippen LogP contribution in [0.3, 0.4) is 0 Å². The minimum atomic E-state index is -1.73. The molecule has 4 saturated carbocycles. The van der Waals surface area contributed by atoms with Gasteiger partial charge in [0.15, 0.2) is 24.7 Å². The molecule has 1 spiro atoms. The van der Waals surface area contributed by atoms with Crippen molar-refractivity contribution in [3.63, 3.8) is 0 Å². The molecule has 9 aliphatic rings. The van der Waals surface area contributed by atoms with Crippen molar-refractivity contribution in [2.75, 3.05) is 19.8 Å². The van der Waals surface area contributed by atoms with Crippen LogP contribution in [0.1, 0.15) is 98.8 Å². The van der Waals surface area contributed by atoms with E-state index in [0.29, 0.717) is 41.4 Å². The number of fused-ring (bicyclic) bond motifs is 7. The third-order valence-corrected chi connectivity index (χ3v) is 18.2. The summed E-state index contributed by atoms with van der Waals surface area (Å²) in [5.74, 6) is 3.27. The van der Waals surface area contributed by atoms with E-state index >= 15 is 0 Å². The van der Waals surface area contributed by atoms with Crippen molar-refractivity contribution in [3.8, 4) is 0 Å². The summed E-state index contributed by atoms with van der Waals surface area (Å²) in [5.41, 5.74) is 0.353. The van der Waals surface area contributed by atoms with Gasteiger partial charge in [-0.3, -0.25) is 0 Å². The quantitative estimate of drug-likeness (QED) is 0.149. The first-order valence-electron chi connectivity index (χ1n) is 23.7. The van der Waals surface area contributed by atoms with Crippen molar-refractivity contribution in [1.29, 1.82) is 0 Å². The van der Waals surface area contributed by atoms with E-state index in [4.69, 9.17) is 37.9 Å². The molecule has 4 aliphatic carbocycles. The molecule has 17 nitrogen and oxygen atoms in total. The van der Waals surface area contributed by atoms with Gasteiger partial charge in [0.25, 0.3) is 0 Å². The lowest BCUT2D eigenvalue weighted by molar-refractivity contribution is -0.369. The lowest BCUT2D eigenvalue weighted by atomic mass is 9.44. The van der Waals surface area contributed by atoms with Crippen molar-refractivity contribution < 1.29 is 83.9 Å². The molecule has 0 amide bonds. The second kappa shape index (κ2) is 17.4. The molecule has 5 saturated heterocycles. The van der Waals surface area contributed by atoms with Crippen LogP contribution in [-0.4, -0.2) is 176 Å². The summed E-state index contributed by atoms with van der Waals surface area (Å²) in [6, 6.07) is 0. The van der Waals surface area contributed by atoms with Crippen LogP contribution >= 0.6 is 0 Å². The van der Waals surface area contributed by atoms with Gasteiger partial charge in [-0.25, -0.2) is 0 Å². The van der Waals surface area contributed by atoms with Crippen LogP contribution in [0, 0.1) is 52.3 Å². The highest BCUT2D eigenvalue weighted by Crippen LogP contribution is 2.71. The zero-order valence-electron chi connectivity index (χ0n) is 36.8. The molecule has 356 valence electrons. The van der Waals surface area contributed by atoms with Gasteiger partial charge in [-0.2, -0.15) is 0 Å². The van der Waals surface area contributed by atoms with E-state index in [1.807, 2.05) is 0 Å². The van der Waals surface area contributed by atoms with Crippen LogP contribution in [0.4, 0.5) is 0 Å². The van der Waals surface area contributed by atoms with Gasteiger partial charge >= 0.3 is 0 Å². The zero-order chi connectivity index (χ0) is 44.2. The van der Waals surface area contributed by atoms with Crippen molar-refractivity contribution in [2.24, 2.45) is 52.3 Å². The molecular formula is C45H74O17. The zero-order valence-corrected chi connectivity index (χ0v) is 36.8. The molecule has 17 heteroatoms. The first-order valence-corrected chi connectivity index (χ1v) is 23.7. The molecule has 8 unspecified atom stereocenters. The predicted molar refractivity (Wildman–Crippen MR) is 214 cm³/mol. The Morgan fingerprint density at radius 2 is 1.29 bits per heavy atom. The highest BCUT2D eigenvalue weighted by molar-refractivity contribution is 5.15. The van der Waals surface area contributed by atoms with E-state index in [2.05, 4.69) is 27.7 Å². The minimum Gasteiger partial charge on any atom is -0.394 e. The fourth-order valence-corrected chi connectivity index (χ4v) is 14.5. The Morgan fingerprint density at radius 3 is 2.02 bits per heavy atom. The second-order valence-electron chi connectivity index (χ2n) is 21.5. The summed E-state index contributed by atoms with van der Waals surface area (Å²) in [4.78, 5) is 0. The predicted octanol–water partition coefficient (Wildman–Crippen LogP) is 0.294. The minimum absolute atomic E-state index is 0.125. The number of hydrogen-bond donors (Lipinski definition) is 9. The smallest absolute Gasteiger partial charge is 0.187 e. The van der Waals surface area contributed by atoms with E-state index < -0.39 is 111 Å². The average molecular weight is 887 g/mol. The molecule has 62 heavy (non-hydrogen) atoms. The summed E-state index contributed by atoms with van der Waals surface area (Å²) in [7, 11) is 0. The van der Waals surface area contributed by atoms with E-state index in [1.165, 1.54) is 19.8 Å². The molecule has 0 bridgehead atoms. The number of aliphatic hydroxyl groups excluding tert-OH is 9. The SMILES string of the molecule is CC1C2C(CC3C4CCC5C[C@@H](O[C@@H]6O[C@H](CO[C@@H]7O[C@H](CO)[C@@H](O)[C@H](O)[C@H]7O)[C@@H](OC7O[C@@H](C)[C@H](O)[C@@H](O)[C@H]7O)[C@H](O)[C@H]6O)CC[C@]5(C)C4CC[C@@]32C)O[C@]12CC[C@H](C)CO2. The maximum Gasteiger partial charge on any atom is 0.187 e. The standard InChI is InChI=1S/C45H74O17/c1-19-8-13-45(56-17-19)20(2)30-27(62-45)15-26-24-7-6-22-14-23(9-11-43(22,4)25(24)10-12-44(26,30)5)58-42-38(54)35(51)39(61-41-37(53)33(49)31(47)21(3)57-41)29(60-42)18-55-40-36(52)34(50)32(48)28(16-46)59-40/h19-42,46-54H,6-18H2,1-5H3/t19-,20?,21-,22?,23-,24?,25?,26?,27?,28+,29+,30?,31-,32+,33+,34-,35+,36+,37+,38+,39+,40+,41?,42+,43-,44-,45+/m0/s1. The number of rotatable bonds is 8. The summed E-state index contributed by atoms with van der Waals surface area (Å²) in [5, 5.41) is 95.6. The molecule has 0 aromatic rings. The molecular weight excluding hydrogens is 812 g/mol. The third-order valence-electron chi connectivity index (χ3n) is 18.2. The van der Waals surface area contributed by atoms with Gasteiger partial charge in [0, 0.05) is 12.3 Å². The van der Waals surface area contributed by atoms with E-state index in [0.717, 1.165) is 58.0 Å². The molecule has 5 heterocycles. The van der Waals surface area contributed by atoms with Gasteiger partial charge < -0.3 is 83.9 Å². The molecule has 0 aromatic carbocycles. The van der Waals surface area contributed by atoms with Crippen molar-refractivity contribution >= 4 is 0 Å². The Kier molecular flexibility index (Phi) is 13.1. The summed E-state index contributed by atoms with van der Waals surface area (Å²) < 4.78 is 49.4. The van der Waals surface area contributed by atoms with Crippen molar-refractivity contribution in [3.05, 3.63) is 0 Å². The summed E-state index contributed by atoms with van der Waals surface area (Å²) >= 11 is 0. The first kappa shape index (κ1) is 46.4. The highest BCUT2D eigenvalue weighted by atomic mass is 16.8. The van der Waals surface area contributed by atoms with Crippen LogP contribution in [0.15, 0.2) is 0 Å². The van der Waals surface area contributed by atoms with Gasteiger partial charge in [-0.05, 0) is 111 Å². The van der Waals surface area contributed by atoms with E-state index in [9.17, 15) is 46.0 Å². The lowest BCUT2D eigenvalue weighted by Crippen LogP contribution is -2.65. The Morgan fingerprint density at radius 1 is 0.613 bits per heavy atom. The lowest BCUT2D eigenvalue weighted by Gasteiger charge is -2.61. The maximum absolute atomic E-state index is 11.6. The van der Waals surface area contributed by atoms with Crippen LogP contribution in [0.25, 0.3) is 0 Å². The largest absolute Gasteiger partial charge is 0.394 e. The number of ether oxygens (including phenoxy) is 8. The summed E-state index contributed by atoms with van der Waals surface area (Å²) in [6.07, 6.45) is -12.2. The summed E-state index contributed by atoms with van der Waals surface area (Å²) in [6.45, 7) is 10.8. The fraction of sp³-hybridized carbons (Fsp3) is 1.00.